The quantitative estimate of drug-likeness (QED) is 0.884. The zero-order chi connectivity index (χ0) is 16.1. The van der Waals surface area contributed by atoms with Crippen LogP contribution in [0.3, 0.4) is 0 Å². The van der Waals surface area contributed by atoms with Crippen molar-refractivity contribution in [3.05, 3.63) is 53.6 Å². The number of nitrogens with one attached hydrogen (secondary N) is 1. The second-order valence-corrected chi connectivity index (χ2v) is 4.43. The molecule has 0 bridgehead atoms. The Hall–Kier alpha value is -3.02. The molecular formula is C16H16N2O4. The van der Waals surface area contributed by atoms with E-state index < -0.39 is 5.91 Å². The van der Waals surface area contributed by atoms with Gasteiger partial charge in [-0.15, -0.1) is 0 Å². The Bertz CT molecular complexity index is 696. The number of benzene rings is 2. The third-order valence-electron chi connectivity index (χ3n) is 3.10. The summed E-state index contributed by atoms with van der Waals surface area (Å²) in [5.41, 5.74) is 6.18. The van der Waals surface area contributed by atoms with Gasteiger partial charge in [-0.1, -0.05) is 6.07 Å². The standard InChI is InChI=1S/C16H16N2O4/c1-21-11-8-6-10(7-9-11)16(20)18-14-12(15(17)19)4-3-5-13(14)22-2/h3-9H,1-2H3,(H2,17,19)(H,18,20). The number of primary amides is 1. The van der Waals surface area contributed by atoms with Crippen molar-refractivity contribution >= 4 is 17.5 Å². The molecule has 22 heavy (non-hydrogen) atoms. The first-order valence-electron chi connectivity index (χ1n) is 6.49. The molecule has 0 spiro atoms. The molecule has 0 radical (unpaired) electrons. The van der Waals surface area contributed by atoms with Gasteiger partial charge in [0.1, 0.15) is 11.5 Å². The van der Waals surface area contributed by atoms with E-state index in [-0.39, 0.29) is 17.2 Å². The summed E-state index contributed by atoms with van der Waals surface area (Å²) in [5, 5.41) is 2.66. The average molecular weight is 300 g/mol. The van der Waals surface area contributed by atoms with Gasteiger partial charge in [0.2, 0.25) is 0 Å². The molecule has 2 aromatic carbocycles. The molecule has 0 fully saturated rings. The minimum atomic E-state index is -0.649. The third kappa shape index (κ3) is 3.17. The first kappa shape index (κ1) is 15.4. The van der Waals surface area contributed by atoms with Gasteiger partial charge >= 0.3 is 0 Å². The normalized spacial score (nSPS) is 9.91. The van der Waals surface area contributed by atoms with E-state index in [1.807, 2.05) is 0 Å². The zero-order valence-electron chi connectivity index (χ0n) is 12.3. The molecule has 0 heterocycles. The Morgan fingerprint density at radius 3 is 2.23 bits per heavy atom. The van der Waals surface area contributed by atoms with Crippen molar-refractivity contribution in [2.45, 2.75) is 0 Å². The fourth-order valence-corrected chi connectivity index (χ4v) is 1.96. The highest BCUT2D eigenvalue weighted by atomic mass is 16.5. The lowest BCUT2D eigenvalue weighted by molar-refractivity contribution is 0.100. The summed E-state index contributed by atoms with van der Waals surface area (Å²) >= 11 is 0. The average Bonchev–Trinajstić information content (AvgIpc) is 2.54. The molecule has 0 unspecified atom stereocenters. The maximum absolute atomic E-state index is 12.3. The summed E-state index contributed by atoms with van der Waals surface area (Å²) < 4.78 is 10.2. The van der Waals surface area contributed by atoms with Crippen LogP contribution in [0.1, 0.15) is 20.7 Å². The molecule has 0 aliphatic rings. The van der Waals surface area contributed by atoms with Crippen LogP contribution in [0.5, 0.6) is 11.5 Å². The summed E-state index contributed by atoms with van der Waals surface area (Å²) in [6.07, 6.45) is 0. The topological polar surface area (TPSA) is 90.7 Å². The van der Waals surface area contributed by atoms with Gasteiger partial charge in [-0.05, 0) is 36.4 Å². The molecule has 0 saturated heterocycles. The molecular weight excluding hydrogens is 284 g/mol. The van der Waals surface area contributed by atoms with E-state index in [2.05, 4.69) is 5.32 Å². The SMILES string of the molecule is COc1ccc(C(=O)Nc2c(OC)cccc2C(N)=O)cc1. The minimum Gasteiger partial charge on any atom is -0.497 e. The van der Waals surface area contributed by atoms with Crippen LogP contribution in [0.25, 0.3) is 0 Å². The van der Waals surface area contributed by atoms with Crippen LogP contribution in [0.15, 0.2) is 42.5 Å². The predicted octanol–water partition coefficient (Wildman–Crippen LogP) is 2.05. The summed E-state index contributed by atoms with van der Waals surface area (Å²) in [6.45, 7) is 0. The summed E-state index contributed by atoms with van der Waals surface area (Å²) in [5.74, 6) is -0.0246. The van der Waals surface area contributed by atoms with Gasteiger partial charge in [0.15, 0.2) is 0 Å². The van der Waals surface area contributed by atoms with Crippen LogP contribution in [-0.4, -0.2) is 26.0 Å². The molecule has 2 aromatic rings. The molecule has 0 aliphatic carbocycles. The Morgan fingerprint density at radius 2 is 1.68 bits per heavy atom. The summed E-state index contributed by atoms with van der Waals surface area (Å²) in [6, 6.07) is 11.4. The number of methoxy groups -OCH3 is 2. The molecule has 6 nitrogen and oxygen atoms in total. The first-order valence-corrected chi connectivity index (χ1v) is 6.49. The summed E-state index contributed by atoms with van der Waals surface area (Å²) in [7, 11) is 2.99. The van der Waals surface area contributed by atoms with E-state index in [9.17, 15) is 9.59 Å². The van der Waals surface area contributed by atoms with Crippen LogP contribution in [0.2, 0.25) is 0 Å². The Labute approximate surface area is 127 Å². The van der Waals surface area contributed by atoms with Crippen LogP contribution < -0.4 is 20.5 Å². The van der Waals surface area contributed by atoms with E-state index in [0.29, 0.717) is 17.1 Å². The van der Waals surface area contributed by atoms with Crippen molar-refractivity contribution in [2.24, 2.45) is 5.73 Å². The van der Waals surface area contributed by atoms with Crippen molar-refractivity contribution in [3.8, 4) is 11.5 Å². The molecule has 6 heteroatoms. The minimum absolute atomic E-state index is 0.182. The van der Waals surface area contributed by atoms with Crippen molar-refractivity contribution in [3.63, 3.8) is 0 Å². The highest BCUT2D eigenvalue weighted by molar-refractivity contribution is 6.10. The monoisotopic (exact) mass is 300 g/mol. The van der Waals surface area contributed by atoms with Gasteiger partial charge in [0.05, 0.1) is 25.5 Å². The zero-order valence-corrected chi connectivity index (χ0v) is 12.3. The number of carbonyl (C=O) groups excluding carboxylic acids is 2. The Kier molecular flexibility index (Phi) is 4.63. The van der Waals surface area contributed by atoms with Gasteiger partial charge < -0.3 is 20.5 Å². The summed E-state index contributed by atoms with van der Waals surface area (Å²) in [4.78, 5) is 23.8. The molecule has 0 aromatic heterocycles. The van der Waals surface area contributed by atoms with Gasteiger partial charge in [0.25, 0.3) is 11.8 Å². The van der Waals surface area contributed by atoms with Crippen molar-refractivity contribution in [1.82, 2.24) is 0 Å². The molecule has 0 saturated carbocycles. The van der Waals surface area contributed by atoms with Gasteiger partial charge in [-0.2, -0.15) is 0 Å². The molecule has 0 aliphatic heterocycles. The number of rotatable bonds is 5. The van der Waals surface area contributed by atoms with E-state index in [1.54, 1.807) is 43.5 Å². The third-order valence-corrected chi connectivity index (χ3v) is 3.10. The number of nitrogens with two attached hydrogens (primary N) is 1. The number of hydrogen-bond acceptors (Lipinski definition) is 4. The lowest BCUT2D eigenvalue weighted by atomic mass is 10.1. The highest BCUT2D eigenvalue weighted by Gasteiger charge is 2.16. The van der Waals surface area contributed by atoms with Crippen LogP contribution >= 0.6 is 0 Å². The molecule has 2 amide bonds. The second-order valence-electron chi connectivity index (χ2n) is 4.43. The fraction of sp³-hybridized carbons (Fsp3) is 0.125. The van der Waals surface area contributed by atoms with E-state index in [4.69, 9.17) is 15.2 Å². The Morgan fingerprint density at radius 1 is 1.00 bits per heavy atom. The number of carbonyl (C=O) groups is 2. The highest BCUT2D eigenvalue weighted by Crippen LogP contribution is 2.28. The smallest absolute Gasteiger partial charge is 0.255 e. The van der Waals surface area contributed by atoms with Crippen molar-refractivity contribution < 1.29 is 19.1 Å². The van der Waals surface area contributed by atoms with Crippen LogP contribution in [0.4, 0.5) is 5.69 Å². The predicted molar refractivity (Wildman–Crippen MR) is 82.5 cm³/mol. The van der Waals surface area contributed by atoms with E-state index in [0.717, 1.165) is 0 Å². The number of para-hydroxylation sites is 1. The molecule has 0 atom stereocenters. The molecule has 2 rings (SSSR count). The van der Waals surface area contributed by atoms with Crippen molar-refractivity contribution in [1.29, 1.82) is 0 Å². The maximum Gasteiger partial charge on any atom is 0.255 e. The van der Waals surface area contributed by atoms with Gasteiger partial charge in [-0.25, -0.2) is 0 Å². The Balaban J connectivity index is 2.32. The maximum atomic E-state index is 12.3. The van der Waals surface area contributed by atoms with E-state index in [1.165, 1.54) is 13.2 Å². The lowest BCUT2D eigenvalue weighted by Crippen LogP contribution is -2.19. The largest absolute Gasteiger partial charge is 0.497 e. The number of anilines is 1. The second kappa shape index (κ2) is 6.62. The molecule has 114 valence electrons. The van der Waals surface area contributed by atoms with Gasteiger partial charge in [0, 0.05) is 5.56 Å². The van der Waals surface area contributed by atoms with Crippen LogP contribution in [-0.2, 0) is 0 Å². The molecule has 3 N–H and O–H groups in total. The number of amides is 2. The fourth-order valence-electron chi connectivity index (χ4n) is 1.96. The van der Waals surface area contributed by atoms with Crippen LogP contribution in [0, 0.1) is 0 Å². The lowest BCUT2D eigenvalue weighted by Gasteiger charge is -2.13. The first-order chi connectivity index (χ1) is 10.6. The number of ether oxygens (including phenoxy) is 2. The number of hydrogen-bond donors (Lipinski definition) is 2. The van der Waals surface area contributed by atoms with Gasteiger partial charge in [-0.3, -0.25) is 9.59 Å². The van der Waals surface area contributed by atoms with Crippen molar-refractivity contribution in [2.75, 3.05) is 19.5 Å². The van der Waals surface area contributed by atoms with E-state index >= 15 is 0 Å².